The van der Waals surface area contributed by atoms with E-state index in [1.54, 1.807) is 0 Å². The molecule has 0 amide bonds. The lowest BCUT2D eigenvalue weighted by atomic mass is 9.88. The Bertz CT molecular complexity index is 490. The van der Waals surface area contributed by atoms with E-state index in [-0.39, 0.29) is 5.41 Å². The second-order valence-corrected chi connectivity index (χ2v) is 9.34. The second-order valence-electron chi connectivity index (χ2n) is 7.11. The van der Waals surface area contributed by atoms with Gasteiger partial charge >= 0.3 is 0 Å². The number of rotatable bonds is 3. The molecule has 0 aromatic heterocycles. The van der Waals surface area contributed by atoms with Gasteiger partial charge in [0.2, 0.25) is 0 Å². The summed E-state index contributed by atoms with van der Waals surface area (Å²) >= 11 is 0. The fraction of sp³-hybridized carbons (Fsp3) is 0.529. The Hall–Kier alpha value is -0.930. The minimum absolute atomic E-state index is 0.346. The monoisotopic (exact) mass is 294 g/mol. The van der Waals surface area contributed by atoms with Crippen LogP contribution < -0.4 is 0 Å². The topological polar surface area (TPSA) is 37.3 Å². The molecule has 0 bridgehead atoms. The first-order valence-corrected chi connectivity index (χ1v) is 8.05. The molecule has 1 rings (SSSR count). The fourth-order valence-corrected chi connectivity index (χ4v) is 3.23. The maximum absolute atomic E-state index is 12.7. The standard InChI is InChI=1S/C17H26O2S/c1-16(2,3)15(18)14(20(19)17(4,5)6)12-13-10-8-7-9-11-13/h7-12,15,18H,1-6H3/b14-12+/t15-,20+/m0/s1. The van der Waals surface area contributed by atoms with Gasteiger partial charge in [-0.25, -0.2) is 0 Å². The Morgan fingerprint density at radius 3 is 2.00 bits per heavy atom. The van der Waals surface area contributed by atoms with Crippen molar-refractivity contribution in [1.82, 2.24) is 0 Å². The first-order chi connectivity index (χ1) is 9.03. The van der Waals surface area contributed by atoms with Crippen molar-refractivity contribution in [1.29, 1.82) is 0 Å². The lowest BCUT2D eigenvalue weighted by molar-refractivity contribution is 0.102. The third-order valence-electron chi connectivity index (χ3n) is 2.97. The van der Waals surface area contributed by atoms with Crippen LogP contribution in [0.1, 0.15) is 47.1 Å². The minimum atomic E-state index is -1.24. The Balaban J connectivity index is 3.29. The number of aliphatic hydroxyl groups excluding tert-OH is 1. The third kappa shape index (κ3) is 4.57. The van der Waals surface area contributed by atoms with Crippen LogP contribution in [0.15, 0.2) is 35.2 Å². The molecule has 0 fully saturated rings. The van der Waals surface area contributed by atoms with E-state index in [9.17, 15) is 9.32 Å². The van der Waals surface area contributed by atoms with Crippen LogP contribution in [-0.2, 0) is 10.8 Å². The summed E-state index contributed by atoms with van der Waals surface area (Å²) in [6.45, 7) is 11.6. The van der Waals surface area contributed by atoms with Gasteiger partial charge in [-0.3, -0.25) is 4.21 Å². The molecule has 0 saturated heterocycles. The van der Waals surface area contributed by atoms with Crippen LogP contribution in [-0.4, -0.2) is 20.2 Å². The summed E-state index contributed by atoms with van der Waals surface area (Å²) in [4.78, 5) is 0.594. The summed E-state index contributed by atoms with van der Waals surface area (Å²) in [5.41, 5.74) is 0.616. The van der Waals surface area contributed by atoms with Crippen LogP contribution in [0.5, 0.6) is 0 Å². The summed E-state index contributed by atoms with van der Waals surface area (Å²) in [5.74, 6) is 0. The molecule has 1 aromatic rings. The molecule has 3 heteroatoms. The molecule has 0 unspecified atom stereocenters. The highest BCUT2D eigenvalue weighted by molar-refractivity contribution is 7.90. The van der Waals surface area contributed by atoms with Crippen molar-refractivity contribution < 1.29 is 9.32 Å². The van der Waals surface area contributed by atoms with Crippen LogP contribution in [0, 0.1) is 5.41 Å². The highest BCUT2D eigenvalue weighted by Crippen LogP contribution is 2.32. The van der Waals surface area contributed by atoms with E-state index in [1.165, 1.54) is 0 Å². The van der Waals surface area contributed by atoms with Crippen molar-refractivity contribution in [2.45, 2.75) is 52.4 Å². The Morgan fingerprint density at radius 2 is 1.60 bits per heavy atom. The van der Waals surface area contributed by atoms with Gasteiger partial charge in [-0.2, -0.15) is 0 Å². The number of benzene rings is 1. The minimum Gasteiger partial charge on any atom is -0.387 e. The molecule has 0 heterocycles. The number of hydrogen-bond donors (Lipinski definition) is 1. The van der Waals surface area contributed by atoms with E-state index in [0.29, 0.717) is 4.91 Å². The normalized spacial score (nSPS) is 16.9. The van der Waals surface area contributed by atoms with E-state index < -0.39 is 21.7 Å². The lowest BCUT2D eigenvalue weighted by Gasteiger charge is -2.31. The van der Waals surface area contributed by atoms with Gasteiger partial charge in [0.1, 0.15) is 0 Å². The van der Waals surface area contributed by atoms with E-state index in [1.807, 2.05) is 78.0 Å². The van der Waals surface area contributed by atoms with Gasteiger partial charge in [-0.1, -0.05) is 51.1 Å². The van der Waals surface area contributed by atoms with Gasteiger partial charge in [0.05, 0.1) is 16.9 Å². The van der Waals surface area contributed by atoms with E-state index in [2.05, 4.69) is 0 Å². The molecule has 2 nitrogen and oxygen atoms in total. The Kier molecular flexibility index (Phi) is 5.33. The van der Waals surface area contributed by atoms with Crippen molar-refractivity contribution in [3.05, 3.63) is 40.8 Å². The Labute approximate surface area is 125 Å². The largest absolute Gasteiger partial charge is 0.387 e. The zero-order chi connectivity index (χ0) is 15.6. The zero-order valence-electron chi connectivity index (χ0n) is 13.3. The van der Waals surface area contributed by atoms with Crippen molar-refractivity contribution in [2.24, 2.45) is 5.41 Å². The zero-order valence-corrected chi connectivity index (χ0v) is 14.1. The summed E-state index contributed by atoms with van der Waals surface area (Å²) in [5, 5.41) is 10.6. The maximum Gasteiger partial charge on any atom is 0.0921 e. The predicted octanol–water partition coefficient (Wildman–Crippen LogP) is 3.98. The van der Waals surface area contributed by atoms with Crippen LogP contribution in [0.25, 0.3) is 6.08 Å². The molecule has 1 aromatic carbocycles. The van der Waals surface area contributed by atoms with Crippen LogP contribution in [0.3, 0.4) is 0 Å². The molecule has 0 spiro atoms. The first kappa shape index (κ1) is 17.1. The number of hydrogen-bond acceptors (Lipinski definition) is 2. The van der Waals surface area contributed by atoms with E-state index in [4.69, 9.17) is 0 Å². The molecule has 2 atom stereocenters. The van der Waals surface area contributed by atoms with Crippen molar-refractivity contribution in [3.8, 4) is 0 Å². The van der Waals surface area contributed by atoms with Crippen molar-refractivity contribution >= 4 is 16.9 Å². The molecule has 0 saturated carbocycles. The summed E-state index contributed by atoms with van der Waals surface area (Å²) in [6, 6.07) is 9.72. The summed E-state index contributed by atoms with van der Waals surface area (Å²) in [6.07, 6.45) is 1.12. The average molecular weight is 294 g/mol. The highest BCUT2D eigenvalue weighted by atomic mass is 32.2. The smallest absolute Gasteiger partial charge is 0.0921 e. The third-order valence-corrected chi connectivity index (χ3v) is 4.85. The molecular formula is C17H26O2S. The molecule has 20 heavy (non-hydrogen) atoms. The maximum atomic E-state index is 12.7. The van der Waals surface area contributed by atoms with Crippen LogP contribution in [0.4, 0.5) is 0 Å². The molecule has 0 aliphatic rings. The van der Waals surface area contributed by atoms with Gasteiger partial charge in [-0.05, 0) is 37.8 Å². The van der Waals surface area contributed by atoms with Crippen molar-refractivity contribution in [3.63, 3.8) is 0 Å². The van der Waals surface area contributed by atoms with Crippen LogP contribution >= 0.6 is 0 Å². The quantitative estimate of drug-likeness (QED) is 0.915. The van der Waals surface area contributed by atoms with Gasteiger partial charge in [0.15, 0.2) is 0 Å². The van der Waals surface area contributed by atoms with Crippen LogP contribution in [0.2, 0.25) is 0 Å². The summed E-state index contributed by atoms with van der Waals surface area (Å²) < 4.78 is 12.3. The predicted molar refractivity (Wildman–Crippen MR) is 87.8 cm³/mol. The van der Waals surface area contributed by atoms with E-state index >= 15 is 0 Å². The second kappa shape index (κ2) is 6.23. The first-order valence-electron chi connectivity index (χ1n) is 6.90. The molecule has 1 N–H and O–H groups in total. The Morgan fingerprint density at radius 1 is 1.10 bits per heavy atom. The lowest BCUT2D eigenvalue weighted by Crippen LogP contribution is -2.34. The van der Waals surface area contributed by atoms with Gasteiger partial charge in [-0.15, -0.1) is 0 Å². The molecule has 0 radical (unpaired) electrons. The van der Waals surface area contributed by atoms with Gasteiger partial charge < -0.3 is 5.11 Å². The fourth-order valence-electron chi connectivity index (χ4n) is 1.73. The highest BCUT2D eigenvalue weighted by Gasteiger charge is 2.33. The molecular weight excluding hydrogens is 268 g/mol. The van der Waals surface area contributed by atoms with Gasteiger partial charge in [0, 0.05) is 9.65 Å². The summed E-state index contributed by atoms with van der Waals surface area (Å²) in [7, 11) is -1.24. The molecule has 112 valence electrons. The molecule has 0 aliphatic carbocycles. The molecule has 0 aliphatic heterocycles. The van der Waals surface area contributed by atoms with E-state index in [0.717, 1.165) is 5.56 Å². The van der Waals surface area contributed by atoms with Gasteiger partial charge in [0.25, 0.3) is 0 Å². The average Bonchev–Trinajstić information content (AvgIpc) is 2.33. The number of aliphatic hydroxyl groups is 1. The van der Waals surface area contributed by atoms with Crippen molar-refractivity contribution in [2.75, 3.05) is 0 Å². The SMILES string of the molecule is CC(C)(C)[C@@H](O)/C(=C\c1ccccc1)[S@@](=O)C(C)(C)C.